The molecule has 14 heavy (non-hydrogen) atoms. The van der Waals surface area contributed by atoms with Gasteiger partial charge in [0.05, 0.1) is 0 Å². The maximum absolute atomic E-state index is 11.8. The van der Waals surface area contributed by atoms with Crippen molar-refractivity contribution < 1.29 is 4.79 Å². The van der Waals surface area contributed by atoms with Gasteiger partial charge in [-0.05, 0) is 24.2 Å². The molecule has 0 N–H and O–H groups in total. The van der Waals surface area contributed by atoms with E-state index in [1.165, 1.54) is 6.42 Å². The number of hydrogen-bond acceptors (Lipinski definition) is 1. The van der Waals surface area contributed by atoms with Gasteiger partial charge in [-0.2, -0.15) is 0 Å². The molecule has 82 valence electrons. The summed E-state index contributed by atoms with van der Waals surface area (Å²) >= 11 is 0. The molecule has 1 heterocycles. The number of rotatable bonds is 3. The van der Waals surface area contributed by atoms with E-state index in [-0.39, 0.29) is 0 Å². The molecule has 1 rings (SSSR count). The number of piperidine rings is 1. The Morgan fingerprint density at radius 3 is 2.43 bits per heavy atom. The van der Waals surface area contributed by atoms with Gasteiger partial charge in [0.15, 0.2) is 0 Å². The molecule has 1 unspecified atom stereocenters. The maximum Gasteiger partial charge on any atom is 0.222 e. The van der Waals surface area contributed by atoms with Crippen molar-refractivity contribution in [3.05, 3.63) is 0 Å². The van der Waals surface area contributed by atoms with E-state index in [1.54, 1.807) is 0 Å². The van der Waals surface area contributed by atoms with E-state index in [0.717, 1.165) is 19.5 Å². The standard InChI is InChI=1S/C12H23NO/c1-9(2)8-13-6-5-11(10(3)4)7-12(13)14/h9-11H,5-8H2,1-4H3. The van der Waals surface area contributed by atoms with Crippen molar-refractivity contribution in [2.75, 3.05) is 13.1 Å². The Hall–Kier alpha value is -0.530. The van der Waals surface area contributed by atoms with Crippen molar-refractivity contribution >= 4 is 5.91 Å². The zero-order chi connectivity index (χ0) is 10.7. The van der Waals surface area contributed by atoms with Crippen LogP contribution < -0.4 is 0 Å². The molecule has 0 aromatic carbocycles. The molecule has 0 saturated carbocycles. The number of carbonyl (C=O) groups is 1. The van der Waals surface area contributed by atoms with E-state index in [9.17, 15) is 4.79 Å². The van der Waals surface area contributed by atoms with E-state index in [4.69, 9.17) is 0 Å². The van der Waals surface area contributed by atoms with Crippen LogP contribution in [0.4, 0.5) is 0 Å². The average Bonchev–Trinajstić information content (AvgIpc) is 2.07. The van der Waals surface area contributed by atoms with Gasteiger partial charge in [-0.3, -0.25) is 4.79 Å². The number of hydrogen-bond donors (Lipinski definition) is 0. The molecule has 0 spiro atoms. The van der Waals surface area contributed by atoms with E-state index in [1.807, 2.05) is 4.90 Å². The molecule has 1 fully saturated rings. The Morgan fingerprint density at radius 2 is 2.00 bits per heavy atom. The van der Waals surface area contributed by atoms with E-state index < -0.39 is 0 Å². The lowest BCUT2D eigenvalue weighted by Crippen LogP contribution is -2.41. The zero-order valence-electron chi connectivity index (χ0n) is 9.92. The van der Waals surface area contributed by atoms with Gasteiger partial charge in [0, 0.05) is 19.5 Å². The summed E-state index contributed by atoms with van der Waals surface area (Å²) in [7, 11) is 0. The molecule has 2 nitrogen and oxygen atoms in total. The van der Waals surface area contributed by atoms with Gasteiger partial charge in [0.2, 0.25) is 5.91 Å². The Morgan fingerprint density at radius 1 is 1.36 bits per heavy atom. The predicted octanol–water partition coefficient (Wildman–Crippen LogP) is 2.54. The topological polar surface area (TPSA) is 20.3 Å². The highest BCUT2D eigenvalue weighted by molar-refractivity contribution is 5.77. The lowest BCUT2D eigenvalue weighted by Gasteiger charge is -2.34. The Kier molecular flexibility index (Phi) is 3.97. The molecule has 0 aromatic rings. The summed E-state index contributed by atoms with van der Waals surface area (Å²) in [5.41, 5.74) is 0. The molecule has 2 heteroatoms. The highest BCUT2D eigenvalue weighted by atomic mass is 16.2. The molecule has 1 amide bonds. The molecule has 0 bridgehead atoms. The summed E-state index contributed by atoms with van der Waals surface area (Å²) in [5, 5.41) is 0. The second-order valence-corrected chi connectivity index (χ2v) is 5.23. The third-order valence-electron chi connectivity index (χ3n) is 3.09. The van der Waals surface area contributed by atoms with E-state index in [0.29, 0.717) is 23.7 Å². The first-order valence-electron chi connectivity index (χ1n) is 5.78. The van der Waals surface area contributed by atoms with Crippen LogP contribution in [0.5, 0.6) is 0 Å². The van der Waals surface area contributed by atoms with Crippen LogP contribution in [0.25, 0.3) is 0 Å². The van der Waals surface area contributed by atoms with Crippen LogP contribution in [0, 0.1) is 17.8 Å². The molecule has 1 atom stereocenters. The normalized spacial score (nSPS) is 23.7. The fourth-order valence-corrected chi connectivity index (χ4v) is 2.10. The van der Waals surface area contributed by atoms with Gasteiger partial charge in [0.25, 0.3) is 0 Å². The molecule has 1 aliphatic heterocycles. The second-order valence-electron chi connectivity index (χ2n) is 5.23. The van der Waals surface area contributed by atoms with Gasteiger partial charge >= 0.3 is 0 Å². The fourth-order valence-electron chi connectivity index (χ4n) is 2.10. The fraction of sp³-hybridized carbons (Fsp3) is 0.917. The zero-order valence-corrected chi connectivity index (χ0v) is 9.92. The minimum absolute atomic E-state index is 0.364. The molecular formula is C12H23NO. The maximum atomic E-state index is 11.8. The molecule has 0 aromatic heterocycles. The first kappa shape index (κ1) is 11.5. The Labute approximate surface area is 87.7 Å². The van der Waals surface area contributed by atoms with Crippen LogP contribution >= 0.6 is 0 Å². The second kappa shape index (κ2) is 4.81. The third kappa shape index (κ3) is 3.00. The Balaban J connectivity index is 2.44. The van der Waals surface area contributed by atoms with Crippen molar-refractivity contribution in [1.82, 2.24) is 4.90 Å². The number of amides is 1. The summed E-state index contributed by atoms with van der Waals surface area (Å²) in [4.78, 5) is 13.8. The first-order valence-corrected chi connectivity index (χ1v) is 5.78. The predicted molar refractivity (Wildman–Crippen MR) is 59.0 cm³/mol. The quantitative estimate of drug-likeness (QED) is 0.681. The highest BCUT2D eigenvalue weighted by Gasteiger charge is 2.27. The summed E-state index contributed by atoms with van der Waals surface area (Å²) in [6, 6.07) is 0. The summed E-state index contributed by atoms with van der Waals surface area (Å²) in [6.45, 7) is 10.7. The van der Waals surface area contributed by atoms with Crippen LogP contribution in [0.1, 0.15) is 40.5 Å². The molecule has 1 saturated heterocycles. The summed E-state index contributed by atoms with van der Waals surface area (Å²) in [6.07, 6.45) is 1.96. The van der Waals surface area contributed by atoms with Crippen molar-refractivity contribution in [3.63, 3.8) is 0 Å². The highest BCUT2D eigenvalue weighted by Crippen LogP contribution is 2.25. The average molecular weight is 197 g/mol. The number of likely N-dealkylation sites (tertiary alicyclic amines) is 1. The molecule has 0 aliphatic carbocycles. The van der Waals surface area contributed by atoms with Crippen molar-refractivity contribution in [2.45, 2.75) is 40.5 Å². The van der Waals surface area contributed by atoms with Crippen molar-refractivity contribution in [3.8, 4) is 0 Å². The van der Waals surface area contributed by atoms with Gasteiger partial charge < -0.3 is 4.90 Å². The van der Waals surface area contributed by atoms with Crippen LogP contribution in [-0.4, -0.2) is 23.9 Å². The first-order chi connectivity index (χ1) is 6.50. The van der Waals surface area contributed by atoms with Crippen molar-refractivity contribution in [2.24, 2.45) is 17.8 Å². The monoisotopic (exact) mass is 197 g/mol. The molecule has 1 aliphatic rings. The lowest BCUT2D eigenvalue weighted by atomic mass is 9.86. The summed E-state index contributed by atoms with van der Waals surface area (Å²) < 4.78 is 0. The smallest absolute Gasteiger partial charge is 0.222 e. The largest absolute Gasteiger partial charge is 0.342 e. The SMILES string of the molecule is CC(C)CN1CCC(C(C)C)CC1=O. The van der Waals surface area contributed by atoms with Crippen LogP contribution in [0.15, 0.2) is 0 Å². The van der Waals surface area contributed by atoms with Gasteiger partial charge in [-0.15, -0.1) is 0 Å². The lowest BCUT2D eigenvalue weighted by molar-refractivity contribution is -0.136. The van der Waals surface area contributed by atoms with Crippen LogP contribution in [-0.2, 0) is 4.79 Å². The Bertz CT molecular complexity index is 198. The van der Waals surface area contributed by atoms with Crippen LogP contribution in [0.3, 0.4) is 0 Å². The van der Waals surface area contributed by atoms with Gasteiger partial charge in [-0.1, -0.05) is 27.7 Å². The molecular weight excluding hydrogens is 174 g/mol. The van der Waals surface area contributed by atoms with Crippen molar-refractivity contribution in [1.29, 1.82) is 0 Å². The van der Waals surface area contributed by atoms with Gasteiger partial charge in [-0.25, -0.2) is 0 Å². The number of nitrogens with zero attached hydrogens (tertiary/aromatic N) is 1. The minimum atomic E-state index is 0.364. The minimum Gasteiger partial charge on any atom is -0.342 e. The van der Waals surface area contributed by atoms with E-state index >= 15 is 0 Å². The molecule has 0 radical (unpaired) electrons. The summed E-state index contributed by atoms with van der Waals surface area (Å²) in [5.74, 6) is 2.23. The van der Waals surface area contributed by atoms with Gasteiger partial charge in [0.1, 0.15) is 0 Å². The van der Waals surface area contributed by atoms with Crippen LogP contribution in [0.2, 0.25) is 0 Å². The third-order valence-corrected chi connectivity index (χ3v) is 3.09. The number of carbonyl (C=O) groups excluding carboxylic acids is 1. The van der Waals surface area contributed by atoms with E-state index in [2.05, 4.69) is 27.7 Å².